The Bertz CT molecular complexity index is 524. The molecule has 1 aromatic heterocycles. The molecule has 0 aromatic carbocycles. The fourth-order valence-electron chi connectivity index (χ4n) is 3.27. The summed E-state index contributed by atoms with van der Waals surface area (Å²) in [4.78, 5) is 16.3. The molecule has 1 amide bonds. The van der Waals surface area contributed by atoms with Gasteiger partial charge in [-0.15, -0.1) is 0 Å². The molecule has 1 spiro atoms. The van der Waals surface area contributed by atoms with Crippen LogP contribution in [0.2, 0.25) is 0 Å². The summed E-state index contributed by atoms with van der Waals surface area (Å²) in [6, 6.07) is 3.56. The van der Waals surface area contributed by atoms with E-state index in [1.165, 1.54) is 12.8 Å². The van der Waals surface area contributed by atoms with E-state index in [1.54, 1.807) is 18.3 Å². The summed E-state index contributed by atoms with van der Waals surface area (Å²) in [6.45, 7) is 2.88. The molecule has 0 radical (unpaired) electrons. The summed E-state index contributed by atoms with van der Waals surface area (Å²) in [5.74, 6) is -0.494. The predicted molar refractivity (Wildman–Crippen MR) is 82.6 cm³/mol. The number of aromatic nitrogens is 1. The summed E-state index contributed by atoms with van der Waals surface area (Å²) in [5, 5.41) is 2.94. The number of hydrogen-bond acceptors (Lipinski definition) is 4. The van der Waals surface area contributed by atoms with Crippen LogP contribution < -0.4 is 5.32 Å². The Morgan fingerprint density at radius 3 is 2.86 bits per heavy atom. The first kappa shape index (κ1) is 15.4. The average molecular weight is 304 g/mol. The number of hydrogen-bond donors (Lipinski definition) is 1. The lowest BCUT2D eigenvalue weighted by molar-refractivity contribution is -0.175. The largest absolute Gasteiger partial charge is 0.349 e. The van der Waals surface area contributed by atoms with Gasteiger partial charge in [-0.2, -0.15) is 0 Å². The lowest BCUT2D eigenvalue weighted by Crippen LogP contribution is -2.36. The highest BCUT2D eigenvalue weighted by Crippen LogP contribution is 2.36. The predicted octanol–water partition coefficient (Wildman–Crippen LogP) is 2.59. The number of nitrogens with zero attached hydrogens (tertiary/aromatic N) is 1. The van der Waals surface area contributed by atoms with Crippen LogP contribution in [0.1, 0.15) is 54.6 Å². The summed E-state index contributed by atoms with van der Waals surface area (Å²) >= 11 is 0. The molecule has 1 N–H and O–H groups in total. The average Bonchev–Trinajstić information content (AvgIpc) is 2.77. The van der Waals surface area contributed by atoms with Gasteiger partial charge >= 0.3 is 0 Å². The molecule has 1 aromatic rings. The monoisotopic (exact) mass is 304 g/mol. The van der Waals surface area contributed by atoms with Crippen molar-refractivity contribution in [2.24, 2.45) is 0 Å². The minimum absolute atomic E-state index is 0.0565. The zero-order valence-electron chi connectivity index (χ0n) is 13.1. The van der Waals surface area contributed by atoms with Gasteiger partial charge in [-0.3, -0.25) is 9.78 Å². The van der Waals surface area contributed by atoms with E-state index in [2.05, 4.69) is 10.3 Å². The summed E-state index contributed by atoms with van der Waals surface area (Å²) in [6.07, 6.45) is 8.42. The molecule has 2 fully saturated rings. The van der Waals surface area contributed by atoms with Crippen LogP contribution in [0.3, 0.4) is 0 Å². The lowest BCUT2D eigenvalue weighted by atomic mass is 10.1. The number of amides is 1. The van der Waals surface area contributed by atoms with E-state index in [0.717, 1.165) is 31.4 Å². The molecular weight excluding hydrogens is 280 g/mol. The first-order valence-electron chi connectivity index (χ1n) is 8.20. The van der Waals surface area contributed by atoms with Crippen LogP contribution in [-0.4, -0.2) is 35.9 Å². The van der Waals surface area contributed by atoms with Crippen LogP contribution in [0, 0.1) is 6.92 Å². The Hall–Kier alpha value is -1.46. The quantitative estimate of drug-likeness (QED) is 0.932. The highest BCUT2D eigenvalue weighted by atomic mass is 16.7. The number of pyridine rings is 1. The van der Waals surface area contributed by atoms with Crippen molar-refractivity contribution in [3.05, 3.63) is 29.6 Å². The molecule has 5 nitrogen and oxygen atoms in total. The third kappa shape index (κ3) is 3.47. The highest BCUT2D eigenvalue weighted by Gasteiger charge is 2.41. The first-order valence-corrected chi connectivity index (χ1v) is 8.20. The van der Waals surface area contributed by atoms with Crippen molar-refractivity contribution in [2.45, 2.75) is 57.3 Å². The molecule has 1 saturated heterocycles. The maximum atomic E-state index is 12.2. The van der Waals surface area contributed by atoms with Crippen molar-refractivity contribution >= 4 is 5.91 Å². The standard InChI is InChI=1S/C17H24N2O3/c1-13-15(7-6-10-18-13)16(20)19-11-14-12-21-17(22-14)8-4-2-3-5-9-17/h6-7,10,14H,2-5,8-9,11-12H2,1H3,(H,19,20)/t14-/m1/s1. The van der Waals surface area contributed by atoms with Gasteiger partial charge in [0.05, 0.1) is 12.2 Å². The van der Waals surface area contributed by atoms with Gasteiger partial charge in [0, 0.05) is 31.3 Å². The first-order chi connectivity index (χ1) is 10.7. The fraction of sp³-hybridized carbons (Fsp3) is 0.647. The van der Waals surface area contributed by atoms with Gasteiger partial charge in [0.15, 0.2) is 5.79 Å². The minimum Gasteiger partial charge on any atom is -0.349 e. The third-order valence-electron chi connectivity index (χ3n) is 4.52. The highest BCUT2D eigenvalue weighted by molar-refractivity contribution is 5.95. The van der Waals surface area contributed by atoms with Gasteiger partial charge in [-0.1, -0.05) is 12.8 Å². The van der Waals surface area contributed by atoms with Crippen LogP contribution in [0.5, 0.6) is 0 Å². The number of rotatable bonds is 3. The van der Waals surface area contributed by atoms with E-state index < -0.39 is 5.79 Å². The summed E-state index contributed by atoms with van der Waals surface area (Å²) in [7, 11) is 0. The molecule has 2 aliphatic rings. The molecule has 22 heavy (non-hydrogen) atoms. The zero-order valence-corrected chi connectivity index (χ0v) is 13.1. The van der Waals surface area contributed by atoms with Crippen molar-refractivity contribution < 1.29 is 14.3 Å². The smallest absolute Gasteiger partial charge is 0.253 e. The second-order valence-corrected chi connectivity index (χ2v) is 6.22. The van der Waals surface area contributed by atoms with Crippen molar-refractivity contribution in [2.75, 3.05) is 13.2 Å². The topological polar surface area (TPSA) is 60.5 Å². The molecule has 1 aliphatic heterocycles. The van der Waals surface area contributed by atoms with Gasteiger partial charge in [0.2, 0.25) is 0 Å². The van der Waals surface area contributed by atoms with Crippen molar-refractivity contribution in [1.29, 1.82) is 0 Å². The van der Waals surface area contributed by atoms with E-state index in [4.69, 9.17) is 9.47 Å². The Kier molecular flexibility index (Phi) is 4.74. The lowest BCUT2D eigenvalue weighted by Gasteiger charge is -2.26. The van der Waals surface area contributed by atoms with Crippen LogP contribution >= 0.6 is 0 Å². The minimum atomic E-state index is -0.393. The molecule has 0 unspecified atom stereocenters. The van der Waals surface area contributed by atoms with Crippen molar-refractivity contribution in [3.8, 4) is 0 Å². The number of carbonyl (C=O) groups excluding carboxylic acids is 1. The van der Waals surface area contributed by atoms with Gasteiger partial charge in [-0.05, 0) is 31.9 Å². The molecule has 3 rings (SSSR count). The number of carbonyl (C=O) groups is 1. The second kappa shape index (κ2) is 6.75. The van der Waals surface area contributed by atoms with Gasteiger partial charge in [0.25, 0.3) is 5.91 Å². The van der Waals surface area contributed by atoms with Gasteiger partial charge in [0.1, 0.15) is 6.10 Å². The molecule has 0 bridgehead atoms. The van der Waals surface area contributed by atoms with E-state index in [0.29, 0.717) is 18.7 Å². The number of ether oxygens (including phenoxy) is 2. The molecular formula is C17H24N2O3. The van der Waals surface area contributed by atoms with Gasteiger partial charge < -0.3 is 14.8 Å². The maximum absolute atomic E-state index is 12.2. The van der Waals surface area contributed by atoms with Crippen LogP contribution in [0.25, 0.3) is 0 Å². The van der Waals surface area contributed by atoms with E-state index in [-0.39, 0.29) is 12.0 Å². The molecule has 120 valence electrons. The summed E-state index contributed by atoms with van der Waals surface area (Å²) < 4.78 is 12.1. The number of aryl methyl sites for hydroxylation is 1. The van der Waals surface area contributed by atoms with Gasteiger partial charge in [-0.25, -0.2) is 0 Å². The normalized spacial score (nSPS) is 24.1. The Labute approximate surface area is 131 Å². The SMILES string of the molecule is Cc1ncccc1C(=O)NC[C@@H]1COC2(CCCCCC2)O1. The molecule has 2 heterocycles. The van der Waals surface area contributed by atoms with Crippen molar-refractivity contribution in [3.63, 3.8) is 0 Å². The summed E-state index contributed by atoms with van der Waals surface area (Å²) in [5.41, 5.74) is 1.36. The zero-order chi connectivity index (χ0) is 15.4. The Balaban J connectivity index is 1.52. The third-order valence-corrected chi connectivity index (χ3v) is 4.52. The van der Waals surface area contributed by atoms with E-state index in [9.17, 15) is 4.79 Å². The molecule has 1 saturated carbocycles. The molecule has 1 atom stereocenters. The molecule has 5 heteroatoms. The maximum Gasteiger partial charge on any atom is 0.253 e. The molecule has 1 aliphatic carbocycles. The number of nitrogens with one attached hydrogen (secondary N) is 1. The van der Waals surface area contributed by atoms with E-state index in [1.807, 2.05) is 6.92 Å². The van der Waals surface area contributed by atoms with Crippen LogP contribution in [0.15, 0.2) is 18.3 Å². The van der Waals surface area contributed by atoms with Crippen LogP contribution in [-0.2, 0) is 9.47 Å². The Morgan fingerprint density at radius 2 is 2.14 bits per heavy atom. The van der Waals surface area contributed by atoms with Crippen LogP contribution in [0.4, 0.5) is 0 Å². The van der Waals surface area contributed by atoms with Crippen molar-refractivity contribution in [1.82, 2.24) is 10.3 Å². The fourth-order valence-corrected chi connectivity index (χ4v) is 3.27. The van der Waals surface area contributed by atoms with E-state index >= 15 is 0 Å². The Morgan fingerprint density at radius 1 is 1.36 bits per heavy atom. The second-order valence-electron chi connectivity index (χ2n) is 6.22.